The molecule has 0 saturated carbocycles. The summed E-state index contributed by atoms with van der Waals surface area (Å²) in [6.07, 6.45) is -0.208. The molecule has 12 heavy (non-hydrogen) atoms. The van der Waals surface area contributed by atoms with Gasteiger partial charge in [0.2, 0.25) is 0 Å². The zero-order valence-corrected chi connectivity index (χ0v) is 6.73. The molecule has 5 heteroatoms. The predicted octanol–water partition coefficient (Wildman–Crippen LogP) is -0.378. The number of primary amides is 1. The Morgan fingerprint density at radius 1 is 1.75 bits per heavy atom. The number of aliphatic hydroxyl groups is 1. The van der Waals surface area contributed by atoms with Gasteiger partial charge in [-0.1, -0.05) is 0 Å². The van der Waals surface area contributed by atoms with Gasteiger partial charge in [-0.3, -0.25) is 0 Å². The molecule has 0 bridgehead atoms. The smallest absolute Gasteiger partial charge is 0.404 e. The molecular formula is C7H13NO4. The average molecular weight is 175 g/mol. The van der Waals surface area contributed by atoms with Gasteiger partial charge in [0.25, 0.3) is 0 Å². The van der Waals surface area contributed by atoms with Crippen LogP contribution in [-0.4, -0.2) is 36.6 Å². The first-order chi connectivity index (χ1) is 5.68. The lowest BCUT2D eigenvalue weighted by Gasteiger charge is -2.25. The van der Waals surface area contributed by atoms with Crippen molar-refractivity contribution in [3.8, 4) is 0 Å². The Bertz CT molecular complexity index is 161. The molecule has 2 atom stereocenters. The van der Waals surface area contributed by atoms with Crippen LogP contribution in [0.25, 0.3) is 0 Å². The van der Waals surface area contributed by atoms with E-state index < -0.39 is 6.09 Å². The Morgan fingerprint density at radius 2 is 2.50 bits per heavy atom. The fourth-order valence-corrected chi connectivity index (χ4v) is 1.15. The predicted molar refractivity (Wildman–Crippen MR) is 40.5 cm³/mol. The van der Waals surface area contributed by atoms with Gasteiger partial charge in [0.05, 0.1) is 12.2 Å². The van der Waals surface area contributed by atoms with Crippen molar-refractivity contribution in [2.24, 2.45) is 5.73 Å². The minimum absolute atomic E-state index is 0.131. The van der Waals surface area contributed by atoms with Gasteiger partial charge >= 0.3 is 6.09 Å². The summed E-state index contributed by atoms with van der Waals surface area (Å²) in [5, 5.41) is 9.19. The summed E-state index contributed by atoms with van der Waals surface area (Å²) in [6.45, 7) is 0.639. The number of amides is 1. The van der Waals surface area contributed by atoms with Gasteiger partial charge in [0, 0.05) is 13.0 Å². The van der Waals surface area contributed by atoms with E-state index in [-0.39, 0.29) is 18.8 Å². The molecule has 2 unspecified atom stereocenters. The Morgan fingerprint density at radius 3 is 3.08 bits per heavy atom. The highest BCUT2D eigenvalue weighted by atomic mass is 16.6. The lowest BCUT2D eigenvalue weighted by atomic mass is 10.1. The highest BCUT2D eigenvalue weighted by Crippen LogP contribution is 2.13. The molecule has 0 aromatic rings. The van der Waals surface area contributed by atoms with Gasteiger partial charge in [0.15, 0.2) is 0 Å². The van der Waals surface area contributed by atoms with E-state index in [9.17, 15) is 9.90 Å². The molecule has 3 N–H and O–H groups in total. The van der Waals surface area contributed by atoms with Crippen LogP contribution < -0.4 is 5.73 Å². The summed E-state index contributed by atoms with van der Waals surface area (Å²) in [6, 6.07) is 0. The van der Waals surface area contributed by atoms with E-state index in [4.69, 9.17) is 10.5 Å². The van der Waals surface area contributed by atoms with Crippen molar-refractivity contribution in [3.05, 3.63) is 0 Å². The Hall–Kier alpha value is -0.810. The highest BCUT2D eigenvalue weighted by Gasteiger charge is 2.21. The maximum Gasteiger partial charge on any atom is 0.404 e. The fraction of sp³-hybridized carbons (Fsp3) is 0.857. The first kappa shape index (κ1) is 9.28. The summed E-state index contributed by atoms with van der Waals surface area (Å²) in [4.78, 5) is 10.2. The monoisotopic (exact) mass is 175 g/mol. The van der Waals surface area contributed by atoms with Gasteiger partial charge in [-0.25, -0.2) is 4.79 Å². The van der Waals surface area contributed by atoms with Crippen LogP contribution in [0.15, 0.2) is 0 Å². The topological polar surface area (TPSA) is 81.8 Å². The molecule has 0 aromatic heterocycles. The second kappa shape index (κ2) is 4.27. The second-order valence-corrected chi connectivity index (χ2v) is 2.80. The van der Waals surface area contributed by atoms with Crippen molar-refractivity contribution in [3.63, 3.8) is 0 Å². The molecule has 0 radical (unpaired) electrons. The third-order valence-electron chi connectivity index (χ3n) is 1.75. The summed E-state index contributed by atoms with van der Waals surface area (Å²) < 4.78 is 9.74. The van der Waals surface area contributed by atoms with E-state index in [0.29, 0.717) is 19.4 Å². The first-order valence-corrected chi connectivity index (χ1v) is 3.90. The minimum atomic E-state index is -0.807. The SMILES string of the molecule is NC(=O)OCC1CC(O)CCO1. The summed E-state index contributed by atoms with van der Waals surface area (Å²) in [7, 11) is 0. The molecule has 1 fully saturated rings. The van der Waals surface area contributed by atoms with Gasteiger partial charge in [-0.05, 0) is 6.42 Å². The van der Waals surface area contributed by atoms with E-state index >= 15 is 0 Å². The van der Waals surface area contributed by atoms with Gasteiger partial charge in [-0.15, -0.1) is 0 Å². The molecule has 70 valence electrons. The Kier molecular flexibility index (Phi) is 3.31. The first-order valence-electron chi connectivity index (χ1n) is 3.90. The number of carbonyl (C=O) groups excluding carboxylic acids is 1. The van der Waals surface area contributed by atoms with Crippen LogP contribution in [0.1, 0.15) is 12.8 Å². The Labute approximate surface area is 70.4 Å². The maximum atomic E-state index is 10.2. The number of aliphatic hydroxyl groups excluding tert-OH is 1. The lowest BCUT2D eigenvalue weighted by molar-refractivity contribution is -0.0656. The van der Waals surface area contributed by atoms with Crippen LogP contribution in [0, 0.1) is 0 Å². The molecule has 1 heterocycles. The summed E-state index contributed by atoms with van der Waals surface area (Å²) >= 11 is 0. The second-order valence-electron chi connectivity index (χ2n) is 2.80. The van der Waals surface area contributed by atoms with E-state index in [2.05, 4.69) is 4.74 Å². The molecule has 5 nitrogen and oxygen atoms in total. The summed E-state index contributed by atoms with van der Waals surface area (Å²) in [5.41, 5.74) is 4.77. The number of hydrogen-bond acceptors (Lipinski definition) is 4. The van der Waals surface area contributed by atoms with Crippen LogP contribution in [0.3, 0.4) is 0 Å². The van der Waals surface area contributed by atoms with Crippen LogP contribution in [-0.2, 0) is 9.47 Å². The van der Waals surface area contributed by atoms with Crippen molar-refractivity contribution in [2.75, 3.05) is 13.2 Å². The molecule has 0 spiro atoms. The number of hydrogen-bond donors (Lipinski definition) is 2. The van der Waals surface area contributed by atoms with E-state index in [0.717, 1.165) is 0 Å². The van der Waals surface area contributed by atoms with Gasteiger partial charge < -0.3 is 20.3 Å². The third kappa shape index (κ3) is 3.06. The van der Waals surface area contributed by atoms with Crippen molar-refractivity contribution in [1.29, 1.82) is 0 Å². The molecule has 0 aromatic carbocycles. The largest absolute Gasteiger partial charge is 0.447 e. The number of ether oxygens (including phenoxy) is 2. The van der Waals surface area contributed by atoms with Crippen LogP contribution in [0.2, 0.25) is 0 Å². The zero-order valence-electron chi connectivity index (χ0n) is 6.73. The fourth-order valence-electron chi connectivity index (χ4n) is 1.15. The molecule has 1 amide bonds. The van der Waals surface area contributed by atoms with E-state index in [1.165, 1.54) is 0 Å². The van der Waals surface area contributed by atoms with Crippen molar-refractivity contribution in [2.45, 2.75) is 25.0 Å². The van der Waals surface area contributed by atoms with Crippen LogP contribution in [0.4, 0.5) is 4.79 Å². The molecular weight excluding hydrogens is 162 g/mol. The quantitative estimate of drug-likeness (QED) is 0.599. The molecule has 0 aliphatic carbocycles. The van der Waals surface area contributed by atoms with Crippen LogP contribution >= 0.6 is 0 Å². The summed E-state index contributed by atoms with van der Waals surface area (Å²) in [5.74, 6) is 0. The normalized spacial score (nSPS) is 29.8. The number of nitrogens with two attached hydrogens (primary N) is 1. The van der Waals surface area contributed by atoms with Gasteiger partial charge in [0.1, 0.15) is 6.61 Å². The van der Waals surface area contributed by atoms with E-state index in [1.54, 1.807) is 0 Å². The molecule has 1 saturated heterocycles. The lowest BCUT2D eigenvalue weighted by Crippen LogP contribution is -2.33. The van der Waals surface area contributed by atoms with E-state index in [1.807, 2.05) is 0 Å². The minimum Gasteiger partial charge on any atom is -0.447 e. The van der Waals surface area contributed by atoms with Gasteiger partial charge in [-0.2, -0.15) is 0 Å². The van der Waals surface area contributed by atoms with Crippen molar-refractivity contribution < 1.29 is 19.4 Å². The highest BCUT2D eigenvalue weighted by molar-refractivity contribution is 5.64. The molecule has 1 aliphatic heterocycles. The van der Waals surface area contributed by atoms with Crippen molar-refractivity contribution >= 4 is 6.09 Å². The molecule has 1 rings (SSSR count). The zero-order chi connectivity index (χ0) is 8.97. The molecule has 1 aliphatic rings. The van der Waals surface area contributed by atoms with Crippen molar-refractivity contribution in [1.82, 2.24) is 0 Å². The third-order valence-corrected chi connectivity index (χ3v) is 1.75. The number of rotatable bonds is 2. The average Bonchev–Trinajstić information content (AvgIpc) is 2.01. The van der Waals surface area contributed by atoms with Crippen LogP contribution in [0.5, 0.6) is 0 Å². The standard InChI is InChI=1S/C7H13NO4/c8-7(10)12-4-6-3-5(9)1-2-11-6/h5-6,9H,1-4H2,(H2,8,10). The Balaban J connectivity index is 2.18. The maximum absolute atomic E-state index is 10.2. The number of carbonyl (C=O) groups is 1.